The van der Waals surface area contributed by atoms with Gasteiger partial charge in [0.05, 0.1) is 35.1 Å². The van der Waals surface area contributed by atoms with E-state index >= 15 is 0 Å². The van der Waals surface area contributed by atoms with Crippen molar-refractivity contribution in [3.8, 4) is 11.5 Å². The van der Waals surface area contributed by atoms with Gasteiger partial charge in [0.1, 0.15) is 0 Å². The van der Waals surface area contributed by atoms with Crippen molar-refractivity contribution in [2.75, 3.05) is 43.3 Å². The Hall–Kier alpha value is -3.66. The molecule has 156 valence electrons. The molecule has 0 unspecified atom stereocenters. The molecule has 0 saturated carbocycles. The summed E-state index contributed by atoms with van der Waals surface area (Å²) in [6.07, 6.45) is 0. The lowest BCUT2D eigenvalue weighted by Crippen LogP contribution is -2.37. The first-order valence-electron chi connectivity index (χ1n) is 9.31. The number of benzene rings is 2. The van der Waals surface area contributed by atoms with E-state index in [1.165, 1.54) is 31.2 Å². The first-order valence-corrected chi connectivity index (χ1v) is 9.31. The number of hydrogen-bond donors (Lipinski definition) is 1. The molecule has 1 N–H and O–H groups in total. The molecule has 0 aliphatic carbocycles. The highest BCUT2D eigenvalue weighted by Crippen LogP contribution is 2.38. The number of Topliss-reactive ketones (excluding diaryl/α,β-unsaturated/α-hetero) is 1. The molecule has 10 heteroatoms. The van der Waals surface area contributed by atoms with E-state index < -0.39 is 10.8 Å². The first kappa shape index (κ1) is 19.6. The summed E-state index contributed by atoms with van der Waals surface area (Å²) in [4.78, 5) is 37.9. The predicted molar refractivity (Wildman–Crippen MR) is 107 cm³/mol. The zero-order valence-corrected chi connectivity index (χ0v) is 16.2. The van der Waals surface area contributed by atoms with Crippen LogP contribution in [-0.4, -0.2) is 49.7 Å². The Bertz CT molecular complexity index is 1030. The molecule has 4 rings (SSSR count). The van der Waals surface area contributed by atoms with Crippen LogP contribution in [-0.2, 0) is 4.74 Å². The third-order valence-electron chi connectivity index (χ3n) is 4.93. The van der Waals surface area contributed by atoms with Crippen LogP contribution < -0.4 is 19.7 Å². The van der Waals surface area contributed by atoms with Crippen molar-refractivity contribution in [3.63, 3.8) is 0 Å². The molecule has 2 aromatic carbocycles. The molecule has 10 nitrogen and oxygen atoms in total. The van der Waals surface area contributed by atoms with Crippen LogP contribution in [0.3, 0.4) is 0 Å². The number of nitro benzene ring substituents is 1. The summed E-state index contributed by atoms with van der Waals surface area (Å²) < 4.78 is 16.0. The number of nitrogens with one attached hydrogen (secondary N) is 1. The van der Waals surface area contributed by atoms with E-state index in [2.05, 4.69) is 5.32 Å². The number of ether oxygens (including phenoxy) is 3. The van der Waals surface area contributed by atoms with Crippen LogP contribution in [0.4, 0.5) is 17.1 Å². The van der Waals surface area contributed by atoms with Crippen molar-refractivity contribution in [3.05, 3.63) is 51.6 Å². The zero-order chi connectivity index (χ0) is 21.3. The number of anilines is 2. The molecule has 2 aliphatic rings. The number of ketones is 1. The standard InChI is InChI=1S/C20H19N3O7/c1-12(24)14-9-18-19(30-11-29-18)10-16(14)21-20(25)15-8-13(23(26)27)2-3-17(15)22-4-6-28-7-5-22/h2-3,8-10H,4-7,11H2,1H3,(H,21,25). The summed E-state index contributed by atoms with van der Waals surface area (Å²) in [5.74, 6) is -0.0112. The van der Waals surface area contributed by atoms with Crippen LogP contribution in [0.25, 0.3) is 0 Å². The largest absolute Gasteiger partial charge is 0.454 e. The van der Waals surface area contributed by atoms with Gasteiger partial charge in [-0.1, -0.05) is 0 Å². The number of nitro groups is 1. The minimum Gasteiger partial charge on any atom is -0.454 e. The topological polar surface area (TPSA) is 120 Å². The number of amides is 1. The Labute approximate surface area is 171 Å². The summed E-state index contributed by atoms with van der Waals surface area (Å²) >= 11 is 0. The maximum Gasteiger partial charge on any atom is 0.270 e. The molecule has 2 aromatic rings. The molecular formula is C20H19N3O7. The second-order valence-electron chi connectivity index (χ2n) is 6.82. The molecule has 1 saturated heterocycles. The molecule has 0 radical (unpaired) electrons. The summed E-state index contributed by atoms with van der Waals surface area (Å²) in [6.45, 7) is 3.50. The van der Waals surface area contributed by atoms with E-state index in [-0.39, 0.29) is 35.1 Å². The van der Waals surface area contributed by atoms with Crippen molar-refractivity contribution >= 4 is 28.8 Å². The van der Waals surface area contributed by atoms with Crippen LogP contribution in [0, 0.1) is 10.1 Å². The van der Waals surface area contributed by atoms with E-state index in [4.69, 9.17) is 14.2 Å². The molecule has 30 heavy (non-hydrogen) atoms. The molecule has 0 aromatic heterocycles. The van der Waals surface area contributed by atoms with Gasteiger partial charge in [-0.2, -0.15) is 0 Å². The average Bonchev–Trinajstić information content (AvgIpc) is 3.20. The molecule has 0 bridgehead atoms. The van der Waals surface area contributed by atoms with Gasteiger partial charge >= 0.3 is 0 Å². The van der Waals surface area contributed by atoms with Crippen molar-refractivity contribution in [1.82, 2.24) is 0 Å². The number of hydrogen-bond acceptors (Lipinski definition) is 8. The number of carbonyl (C=O) groups excluding carboxylic acids is 2. The Morgan fingerprint density at radius 1 is 1.07 bits per heavy atom. The van der Waals surface area contributed by atoms with Gasteiger partial charge in [-0.3, -0.25) is 19.7 Å². The highest BCUT2D eigenvalue weighted by molar-refractivity contribution is 6.12. The second kappa shape index (κ2) is 7.99. The number of morpholine rings is 1. The van der Waals surface area contributed by atoms with Gasteiger partial charge in [-0.05, 0) is 19.1 Å². The van der Waals surface area contributed by atoms with Gasteiger partial charge in [-0.25, -0.2) is 0 Å². The smallest absolute Gasteiger partial charge is 0.270 e. The monoisotopic (exact) mass is 413 g/mol. The minimum atomic E-state index is -0.568. The summed E-state index contributed by atoms with van der Waals surface area (Å²) in [6, 6.07) is 7.19. The van der Waals surface area contributed by atoms with Crippen molar-refractivity contribution in [1.29, 1.82) is 0 Å². The maximum absolute atomic E-state index is 13.2. The molecule has 1 amide bonds. The molecule has 0 spiro atoms. The summed E-state index contributed by atoms with van der Waals surface area (Å²) in [5.41, 5.74) is 1.00. The van der Waals surface area contributed by atoms with E-state index in [0.29, 0.717) is 43.5 Å². The Morgan fingerprint density at radius 3 is 2.43 bits per heavy atom. The number of nitrogens with zero attached hydrogens (tertiary/aromatic N) is 2. The van der Waals surface area contributed by atoms with Crippen LogP contribution in [0.2, 0.25) is 0 Å². The van der Waals surface area contributed by atoms with Crippen molar-refractivity contribution in [2.45, 2.75) is 6.92 Å². The van der Waals surface area contributed by atoms with E-state index in [1.54, 1.807) is 6.07 Å². The lowest BCUT2D eigenvalue weighted by Gasteiger charge is -2.30. The second-order valence-corrected chi connectivity index (χ2v) is 6.82. The Balaban J connectivity index is 1.71. The van der Waals surface area contributed by atoms with E-state index in [9.17, 15) is 19.7 Å². The normalized spacial score (nSPS) is 15.0. The fraction of sp³-hybridized carbons (Fsp3) is 0.300. The number of fused-ring (bicyclic) bond motifs is 1. The quantitative estimate of drug-likeness (QED) is 0.451. The lowest BCUT2D eigenvalue weighted by atomic mass is 10.1. The maximum atomic E-state index is 13.2. The highest BCUT2D eigenvalue weighted by atomic mass is 16.7. The number of non-ortho nitro benzene ring substituents is 1. The van der Waals surface area contributed by atoms with Crippen molar-refractivity contribution < 1.29 is 28.7 Å². The zero-order valence-electron chi connectivity index (χ0n) is 16.2. The van der Waals surface area contributed by atoms with Gasteiger partial charge in [0.2, 0.25) is 6.79 Å². The molecule has 2 heterocycles. The SMILES string of the molecule is CC(=O)c1cc2c(cc1NC(=O)c1cc([N+](=O)[O-])ccc1N1CCOCC1)OCO2. The van der Waals surface area contributed by atoms with E-state index in [0.717, 1.165) is 0 Å². The van der Waals surface area contributed by atoms with Gasteiger partial charge in [-0.15, -0.1) is 0 Å². The highest BCUT2D eigenvalue weighted by Gasteiger charge is 2.25. The predicted octanol–water partition coefficient (Wildman–Crippen LogP) is 2.62. The molecule has 1 fully saturated rings. The fourth-order valence-corrected chi connectivity index (χ4v) is 3.43. The van der Waals surface area contributed by atoms with Gasteiger partial charge in [0.25, 0.3) is 11.6 Å². The summed E-state index contributed by atoms with van der Waals surface area (Å²) in [7, 11) is 0. The van der Waals surface area contributed by atoms with Crippen LogP contribution >= 0.6 is 0 Å². The van der Waals surface area contributed by atoms with E-state index in [1.807, 2.05) is 4.90 Å². The van der Waals surface area contributed by atoms with Crippen LogP contribution in [0.15, 0.2) is 30.3 Å². The summed E-state index contributed by atoms with van der Waals surface area (Å²) in [5, 5.41) is 14.0. The minimum absolute atomic E-state index is 0.0239. The van der Waals surface area contributed by atoms with Crippen molar-refractivity contribution in [2.24, 2.45) is 0 Å². The van der Waals surface area contributed by atoms with Gasteiger partial charge in [0, 0.05) is 36.9 Å². The number of rotatable bonds is 5. The lowest BCUT2D eigenvalue weighted by molar-refractivity contribution is -0.384. The molecule has 2 aliphatic heterocycles. The third kappa shape index (κ3) is 3.77. The molecular weight excluding hydrogens is 394 g/mol. The molecule has 0 atom stereocenters. The van der Waals surface area contributed by atoms with Gasteiger partial charge < -0.3 is 24.4 Å². The van der Waals surface area contributed by atoms with Crippen LogP contribution in [0.1, 0.15) is 27.6 Å². The number of carbonyl (C=O) groups is 2. The third-order valence-corrected chi connectivity index (χ3v) is 4.93. The Morgan fingerprint density at radius 2 is 1.77 bits per heavy atom. The average molecular weight is 413 g/mol. The van der Waals surface area contributed by atoms with Crippen LogP contribution in [0.5, 0.6) is 11.5 Å². The first-order chi connectivity index (χ1) is 14.4. The van der Waals surface area contributed by atoms with Gasteiger partial charge in [0.15, 0.2) is 17.3 Å². The fourth-order valence-electron chi connectivity index (χ4n) is 3.43. The Kier molecular flexibility index (Phi) is 5.23.